The van der Waals surface area contributed by atoms with Crippen molar-refractivity contribution in [3.8, 4) is 5.75 Å². The number of carbonyl (C=O) groups is 2. The molecule has 2 amide bonds. The molecule has 9 nitrogen and oxygen atoms in total. The number of benzene rings is 1. The number of nitrogens with zero attached hydrogens (tertiary/aromatic N) is 5. The lowest BCUT2D eigenvalue weighted by molar-refractivity contribution is 0.0622. The molecule has 2 aromatic heterocycles. The molecule has 0 saturated carbocycles. The van der Waals surface area contributed by atoms with E-state index in [0.29, 0.717) is 36.7 Å². The van der Waals surface area contributed by atoms with Crippen LogP contribution in [0.2, 0.25) is 0 Å². The van der Waals surface area contributed by atoms with Gasteiger partial charge in [-0.05, 0) is 43.7 Å². The van der Waals surface area contributed by atoms with E-state index in [1.54, 1.807) is 41.2 Å². The van der Waals surface area contributed by atoms with Gasteiger partial charge in [0.1, 0.15) is 11.9 Å². The van der Waals surface area contributed by atoms with Crippen LogP contribution >= 0.6 is 0 Å². The highest BCUT2D eigenvalue weighted by molar-refractivity contribution is 5.95. The van der Waals surface area contributed by atoms with Crippen LogP contribution in [0.3, 0.4) is 0 Å². The Morgan fingerprint density at radius 2 is 1.91 bits per heavy atom. The molecule has 4 rings (SSSR count). The van der Waals surface area contributed by atoms with Gasteiger partial charge in [0.2, 0.25) is 0 Å². The van der Waals surface area contributed by atoms with Crippen LogP contribution < -0.4 is 4.74 Å². The molecule has 3 heterocycles. The third-order valence-corrected chi connectivity index (χ3v) is 5.38. The molecular weight excluding hydrogens is 415 g/mol. The van der Waals surface area contributed by atoms with Gasteiger partial charge in [-0.15, -0.1) is 0 Å². The maximum atomic E-state index is 14.2. The van der Waals surface area contributed by atoms with E-state index in [9.17, 15) is 14.0 Å². The van der Waals surface area contributed by atoms with E-state index in [1.165, 1.54) is 19.2 Å². The van der Waals surface area contributed by atoms with E-state index in [0.717, 1.165) is 6.07 Å². The summed E-state index contributed by atoms with van der Waals surface area (Å²) in [6.45, 7) is 2.78. The van der Waals surface area contributed by atoms with Crippen LogP contribution in [0.5, 0.6) is 5.75 Å². The predicted molar refractivity (Wildman–Crippen MR) is 113 cm³/mol. The first-order chi connectivity index (χ1) is 15.5. The van der Waals surface area contributed by atoms with Gasteiger partial charge in [-0.2, -0.15) is 5.10 Å². The van der Waals surface area contributed by atoms with E-state index in [2.05, 4.69) is 20.2 Å². The van der Waals surface area contributed by atoms with Crippen molar-refractivity contribution in [3.05, 3.63) is 71.3 Å². The number of aryl methyl sites for hydroxylation is 1. The summed E-state index contributed by atoms with van der Waals surface area (Å²) < 4.78 is 19.1. The molecule has 1 aliphatic heterocycles. The van der Waals surface area contributed by atoms with E-state index < -0.39 is 11.9 Å². The Morgan fingerprint density at radius 3 is 2.56 bits per heavy atom. The monoisotopic (exact) mass is 438 g/mol. The van der Waals surface area contributed by atoms with Crippen LogP contribution in [0.4, 0.5) is 4.39 Å². The minimum absolute atomic E-state index is 0.0700. The molecule has 1 fully saturated rings. The van der Waals surface area contributed by atoms with Crippen LogP contribution in [0.1, 0.15) is 44.8 Å². The second-order valence-electron chi connectivity index (χ2n) is 7.48. The Balaban J connectivity index is 1.64. The van der Waals surface area contributed by atoms with Crippen molar-refractivity contribution in [3.63, 3.8) is 0 Å². The molecule has 0 radical (unpaired) electrons. The van der Waals surface area contributed by atoms with Crippen molar-refractivity contribution in [2.24, 2.45) is 0 Å². The SMILES string of the molecule is COc1ccc(C(=O)N2CCCN(C(=O)c3ccncc3)C(c3n[nH]c(C)n3)C2)cc1F. The first-order valence-electron chi connectivity index (χ1n) is 10.2. The van der Waals surface area contributed by atoms with Gasteiger partial charge in [0.05, 0.1) is 7.11 Å². The summed E-state index contributed by atoms with van der Waals surface area (Å²) in [6, 6.07) is 6.86. The highest BCUT2D eigenvalue weighted by Crippen LogP contribution is 2.26. The Hall–Kier alpha value is -3.82. The fraction of sp³-hybridized carbons (Fsp3) is 0.318. The molecule has 1 aliphatic rings. The molecule has 0 spiro atoms. The Morgan fingerprint density at radius 1 is 1.12 bits per heavy atom. The minimum Gasteiger partial charge on any atom is -0.494 e. The zero-order valence-electron chi connectivity index (χ0n) is 17.8. The van der Waals surface area contributed by atoms with Gasteiger partial charge in [0.15, 0.2) is 17.4 Å². The third kappa shape index (κ3) is 4.29. The smallest absolute Gasteiger partial charge is 0.254 e. The third-order valence-electron chi connectivity index (χ3n) is 5.38. The fourth-order valence-corrected chi connectivity index (χ4v) is 3.79. The molecule has 1 N–H and O–H groups in total. The molecule has 1 aromatic carbocycles. The number of rotatable bonds is 4. The van der Waals surface area contributed by atoms with Crippen LogP contribution in [0, 0.1) is 12.7 Å². The second kappa shape index (κ2) is 9.13. The number of amides is 2. The minimum atomic E-state index is -0.608. The summed E-state index contributed by atoms with van der Waals surface area (Å²) in [4.78, 5) is 38.1. The number of aromatic nitrogens is 4. The van der Waals surface area contributed by atoms with Gasteiger partial charge in [0, 0.05) is 43.2 Å². The van der Waals surface area contributed by atoms with Gasteiger partial charge < -0.3 is 14.5 Å². The van der Waals surface area contributed by atoms with Crippen molar-refractivity contribution in [2.45, 2.75) is 19.4 Å². The quantitative estimate of drug-likeness (QED) is 0.671. The van der Waals surface area contributed by atoms with E-state index in [1.807, 2.05) is 0 Å². The van der Waals surface area contributed by atoms with Crippen molar-refractivity contribution in [1.82, 2.24) is 30.0 Å². The zero-order valence-corrected chi connectivity index (χ0v) is 17.8. The lowest BCUT2D eigenvalue weighted by Gasteiger charge is -2.30. The molecule has 10 heteroatoms. The highest BCUT2D eigenvalue weighted by Gasteiger charge is 2.34. The van der Waals surface area contributed by atoms with Crippen LogP contribution in [0.25, 0.3) is 0 Å². The van der Waals surface area contributed by atoms with Crippen molar-refractivity contribution in [2.75, 3.05) is 26.7 Å². The molecule has 1 unspecified atom stereocenters. The van der Waals surface area contributed by atoms with Crippen molar-refractivity contribution in [1.29, 1.82) is 0 Å². The van der Waals surface area contributed by atoms with Gasteiger partial charge in [-0.3, -0.25) is 19.7 Å². The molecular formula is C22H23FN6O3. The van der Waals surface area contributed by atoms with Gasteiger partial charge in [0.25, 0.3) is 11.8 Å². The summed E-state index contributed by atoms with van der Waals surface area (Å²) >= 11 is 0. The number of halogens is 1. The Kier molecular flexibility index (Phi) is 6.11. The van der Waals surface area contributed by atoms with Crippen LogP contribution in [0.15, 0.2) is 42.7 Å². The van der Waals surface area contributed by atoms with Crippen molar-refractivity contribution < 1.29 is 18.7 Å². The fourth-order valence-electron chi connectivity index (χ4n) is 3.79. The standard InChI is InChI=1S/C22H23FN6O3/c1-14-25-20(27-26-14)18-13-28(21(30)16-4-5-19(32-2)17(23)12-16)10-3-11-29(18)22(31)15-6-8-24-9-7-15/h4-9,12,18H,3,10-11,13H2,1-2H3,(H,25,26,27). The maximum absolute atomic E-state index is 14.2. The summed E-state index contributed by atoms with van der Waals surface area (Å²) in [5.74, 6) is -0.0303. The van der Waals surface area contributed by atoms with Gasteiger partial charge in [-0.25, -0.2) is 9.37 Å². The van der Waals surface area contributed by atoms with E-state index >= 15 is 0 Å². The topological polar surface area (TPSA) is 104 Å². The number of hydrogen-bond donors (Lipinski definition) is 1. The van der Waals surface area contributed by atoms with Crippen LogP contribution in [-0.2, 0) is 0 Å². The van der Waals surface area contributed by atoms with E-state index in [4.69, 9.17) is 4.74 Å². The summed E-state index contributed by atoms with van der Waals surface area (Å²) in [6.07, 6.45) is 3.68. The Labute approximate surface area is 184 Å². The molecule has 0 bridgehead atoms. The lowest BCUT2D eigenvalue weighted by Crippen LogP contribution is -2.40. The number of nitrogens with one attached hydrogen (secondary N) is 1. The average molecular weight is 438 g/mol. The molecule has 1 atom stereocenters. The van der Waals surface area contributed by atoms with Gasteiger partial charge in [-0.1, -0.05) is 0 Å². The molecule has 3 aromatic rings. The number of aromatic amines is 1. The predicted octanol–water partition coefficient (Wildman–Crippen LogP) is 2.39. The number of hydrogen-bond acceptors (Lipinski definition) is 6. The number of pyridine rings is 1. The lowest BCUT2D eigenvalue weighted by atomic mass is 10.1. The first-order valence-corrected chi connectivity index (χ1v) is 10.2. The van der Waals surface area contributed by atoms with Crippen LogP contribution in [-0.4, -0.2) is 68.5 Å². The molecule has 1 saturated heterocycles. The molecule has 166 valence electrons. The zero-order chi connectivity index (χ0) is 22.7. The number of H-pyrrole nitrogens is 1. The van der Waals surface area contributed by atoms with Gasteiger partial charge >= 0.3 is 0 Å². The first kappa shape index (κ1) is 21.4. The summed E-state index contributed by atoms with van der Waals surface area (Å²) in [5.41, 5.74) is 0.705. The largest absolute Gasteiger partial charge is 0.494 e. The molecule has 0 aliphatic carbocycles. The maximum Gasteiger partial charge on any atom is 0.254 e. The normalized spacial score (nSPS) is 16.5. The molecule has 32 heavy (non-hydrogen) atoms. The number of ether oxygens (including phenoxy) is 1. The Bertz CT molecular complexity index is 1120. The summed E-state index contributed by atoms with van der Waals surface area (Å²) in [7, 11) is 1.37. The number of carbonyl (C=O) groups excluding carboxylic acids is 2. The summed E-state index contributed by atoms with van der Waals surface area (Å²) in [5, 5.41) is 7.06. The van der Waals surface area contributed by atoms with Crippen molar-refractivity contribution >= 4 is 11.8 Å². The second-order valence-corrected chi connectivity index (χ2v) is 7.48. The highest BCUT2D eigenvalue weighted by atomic mass is 19.1. The average Bonchev–Trinajstić information content (AvgIpc) is 3.12. The van der Waals surface area contributed by atoms with E-state index in [-0.39, 0.29) is 29.7 Å². The number of methoxy groups -OCH3 is 1.